The molecule has 4 aromatic rings. The van der Waals surface area contributed by atoms with E-state index >= 15 is 0 Å². The highest BCUT2D eigenvalue weighted by Crippen LogP contribution is 2.38. The molecule has 0 atom stereocenters. The van der Waals surface area contributed by atoms with Gasteiger partial charge < -0.3 is 24.6 Å². The average molecular weight is 532 g/mol. The monoisotopic (exact) mass is 532 g/mol. The molecule has 3 heterocycles. The zero-order valence-corrected chi connectivity index (χ0v) is 21.5. The molecule has 3 N–H and O–H groups in total. The van der Waals surface area contributed by atoms with E-state index in [1.54, 1.807) is 36.7 Å². The number of hydrogen-bond acceptors (Lipinski definition) is 7. The Kier molecular flexibility index (Phi) is 8.12. The van der Waals surface area contributed by atoms with Crippen molar-refractivity contribution in [1.29, 1.82) is 5.26 Å². The number of hydrogen-bond donors (Lipinski definition) is 3. The summed E-state index contributed by atoms with van der Waals surface area (Å²) in [4.78, 5) is 41.1. The summed E-state index contributed by atoms with van der Waals surface area (Å²) in [7, 11) is -0.886. The molecule has 12 heteroatoms. The molecule has 0 aliphatic carbocycles. The highest BCUT2D eigenvalue weighted by molar-refractivity contribution is 7.46. The molecule has 194 valence electrons. The molecule has 4 rings (SSSR count). The Morgan fingerprint density at radius 2 is 2.00 bits per heavy atom. The predicted octanol–water partition coefficient (Wildman–Crippen LogP) is 3.76. The summed E-state index contributed by atoms with van der Waals surface area (Å²) in [6, 6.07) is 14.6. The molecule has 1 aromatic carbocycles. The number of benzene rings is 1. The van der Waals surface area contributed by atoms with Gasteiger partial charge in [-0.25, -0.2) is 14.5 Å². The number of pyridine rings is 2. The van der Waals surface area contributed by atoms with Crippen molar-refractivity contribution in [2.45, 2.75) is 6.73 Å². The lowest BCUT2D eigenvalue weighted by molar-refractivity contribution is -0.111. The molecule has 0 unspecified atom stereocenters. The number of phosphoric acid groups is 1. The van der Waals surface area contributed by atoms with E-state index in [2.05, 4.69) is 15.3 Å². The number of fused-ring (bicyclic) bond motifs is 1. The van der Waals surface area contributed by atoms with E-state index in [9.17, 15) is 24.4 Å². The summed E-state index contributed by atoms with van der Waals surface area (Å²) in [6.07, 6.45) is 8.06. The predicted molar refractivity (Wildman–Crippen MR) is 143 cm³/mol. The van der Waals surface area contributed by atoms with Gasteiger partial charge in [0.05, 0.1) is 0 Å². The van der Waals surface area contributed by atoms with Gasteiger partial charge >= 0.3 is 7.82 Å². The third-order valence-corrected chi connectivity index (χ3v) is 5.92. The van der Waals surface area contributed by atoms with Gasteiger partial charge in [-0.15, -0.1) is 0 Å². The lowest BCUT2D eigenvalue weighted by Crippen LogP contribution is -2.12. The first-order chi connectivity index (χ1) is 18.1. The Morgan fingerprint density at radius 3 is 2.74 bits per heavy atom. The molecule has 0 aliphatic rings. The number of carbonyl (C=O) groups is 1. The molecule has 0 aliphatic heterocycles. The minimum absolute atomic E-state index is 0.224. The van der Waals surface area contributed by atoms with Crippen LogP contribution in [-0.4, -0.2) is 55.8 Å². The number of nitrogens with zero attached hydrogens (tertiary/aromatic N) is 5. The number of amides is 1. The summed E-state index contributed by atoms with van der Waals surface area (Å²) in [6.45, 7) is 0.222. The molecule has 0 bridgehead atoms. The Balaban J connectivity index is 1.72. The fourth-order valence-corrected chi connectivity index (χ4v) is 4.06. The maximum absolute atomic E-state index is 12.3. The Morgan fingerprint density at radius 1 is 1.18 bits per heavy atom. The summed E-state index contributed by atoms with van der Waals surface area (Å²) < 4.78 is 17.5. The van der Waals surface area contributed by atoms with Crippen LogP contribution in [0.1, 0.15) is 5.69 Å². The van der Waals surface area contributed by atoms with Crippen LogP contribution in [0, 0.1) is 11.3 Å². The topological polar surface area (TPSA) is 154 Å². The molecular formula is C26H25N6O5P. The van der Waals surface area contributed by atoms with Gasteiger partial charge in [0, 0.05) is 53.4 Å². The van der Waals surface area contributed by atoms with Crippen LogP contribution in [0.2, 0.25) is 0 Å². The average Bonchev–Trinajstić information content (AvgIpc) is 3.25. The Hall–Kier alpha value is -4.17. The summed E-state index contributed by atoms with van der Waals surface area (Å²) in [5.74, 6) is -0.243. The van der Waals surface area contributed by atoms with Crippen molar-refractivity contribution in [1.82, 2.24) is 19.4 Å². The van der Waals surface area contributed by atoms with Crippen LogP contribution in [0.3, 0.4) is 0 Å². The highest BCUT2D eigenvalue weighted by atomic mass is 31.2. The molecule has 0 saturated heterocycles. The zero-order valence-electron chi connectivity index (χ0n) is 20.6. The van der Waals surface area contributed by atoms with Gasteiger partial charge in [0.2, 0.25) is 5.91 Å². The Labute approximate surface area is 218 Å². The SMILES string of the molecule is CN(C)CC=CC(=O)Nc1cccc(-c2cnc3c(c2)c(-c2ccnc(C#N)c2)cn3COP(=O)(O)O)c1. The van der Waals surface area contributed by atoms with Gasteiger partial charge in [-0.2, -0.15) is 5.26 Å². The number of nitrogens with one attached hydrogen (secondary N) is 1. The zero-order chi connectivity index (χ0) is 27.3. The number of likely N-dealkylation sites (N-methyl/N-ethyl adjacent to an activating group) is 1. The first-order valence-corrected chi connectivity index (χ1v) is 12.9. The van der Waals surface area contributed by atoms with E-state index in [4.69, 9.17) is 4.52 Å². The Bertz CT molecular complexity index is 1600. The van der Waals surface area contributed by atoms with Crippen molar-refractivity contribution in [3.05, 3.63) is 78.9 Å². The third-order valence-electron chi connectivity index (χ3n) is 5.47. The van der Waals surface area contributed by atoms with Crippen molar-refractivity contribution < 1.29 is 23.7 Å². The lowest BCUT2D eigenvalue weighted by Gasteiger charge is -2.09. The second kappa shape index (κ2) is 11.5. The van der Waals surface area contributed by atoms with Crippen LogP contribution in [0.15, 0.2) is 73.2 Å². The van der Waals surface area contributed by atoms with Crippen molar-refractivity contribution in [3.8, 4) is 28.3 Å². The molecule has 0 spiro atoms. The molecular weight excluding hydrogens is 507 g/mol. The molecule has 1 amide bonds. The van der Waals surface area contributed by atoms with Crippen LogP contribution >= 0.6 is 7.82 Å². The van der Waals surface area contributed by atoms with Crippen LogP contribution in [0.5, 0.6) is 0 Å². The molecule has 0 saturated carbocycles. The van der Waals surface area contributed by atoms with Crippen molar-refractivity contribution in [3.63, 3.8) is 0 Å². The summed E-state index contributed by atoms with van der Waals surface area (Å²) in [5.41, 5.74) is 4.18. The van der Waals surface area contributed by atoms with Crippen LogP contribution in [0.4, 0.5) is 5.69 Å². The van der Waals surface area contributed by atoms with E-state index in [1.165, 1.54) is 16.8 Å². The quantitative estimate of drug-likeness (QED) is 0.216. The normalized spacial score (nSPS) is 11.8. The van der Waals surface area contributed by atoms with Gasteiger partial charge in [-0.1, -0.05) is 18.2 Å². The fraction of sp³-hybridized carbons (Fsp3) is 0.154. The van der Waals surface area contributed by atoms with Crippen LogP contribution in [-0.2, 0) is 20.6 Å². The van der Waals surface area contributed by atoms with E-state index in [0.717, 1.165) is 11.1 Å². The second-order valence-electron chi connectivity index (χ2n) is 8.63. The van der Waals surface area contributed by atoms with Crippen molar-refractivity contribution >= 4 is 30.5 Å². The number of anilines is 1. The van der Waals surface area contributed by atoms with Crippen molar-refractivity contribution in [2.24, 2.45) is 0 Å². The molecule has 38 heavy (non-hydrogen) atoms. The second-order valence-corrected chi connectivity index (χ2v) is 9.87. The van der Waals surface area contributed by atoms with E-state index in [-0.39, 0.29) is 11.6 Å². The first-order valence-electron chi connectivity index (χ1n) is 11.4. The lowest BCUT2D eigenvalue weighted by atomic mass is 10.0. The largest absolute Gasteiger partial charge is 0.471 e. The fourth-order valence-electron chi connectivity index (χ4n) is 3.79. The van der Waals surface area contributed by atoms with Gasteiger partial charge in [0.25, 0.3) is 0 Å². The molecule has 0 fully saturated rings. The molecule has 11 nitrogen and oxygen atoms in total. The molecule has 3 aromatic heterocycles. The number of carbonyl (C=O) groups excluding carboxylic acids is 1. The number of nitriles is 1. The van der Waals surface area contributed by atoms with Gasteiger partial charge in [-0.05, 0) is 55.6 Å². The van der Waals surface area contributed by atoms with Crippen molar-refractivity contribution in [2.75, 3.05) is 26.0 Å². The van der Waals surface area contributed by atoms with E-state index in [0.29, 0.717) is 34.4 Å². The molecule has 0 radical (unpaired) electrons. The maximum Gasteiger partial charge on any atom is 0.471 e. The van der Waals surface area contributed by atoms with Crippen LogP contribution < -0.4 is 5.32 Å². The maximum atomic E-state index is 12.3. The summed E-state index contributed by atoms with van der Waals surface area (Å²) in [5, 5.41) is 12.8. The van der Waals surface area contributed by atoms with E-state index < -0.39 is 14.6 Å². The number of phosphoric ester groups is 1. The number of rotatable bonds is 9. The van der Waals surface area contributed by atoms with Crippen LogP contribution in [0.25, 0.3) is 33.3 Å². The standard InChI is InChI=1S/C26H25N6O5P/c1-31(2)10-4-7-25(33)30-21-6-3-5-18(11-21)20-13-23-24(19-8-9-28-22(12-19)14-27)16-32(26(23)29-15-20)17-37-38(34,35)36/h3-9,11-13,15-16H,10,17H2,1-2H3,(H,30,33)(H2,34,35,36). The van der Waals surface area contributed by atoms with Gasteiger partial charge in [0.1, 0.15) is 24.1 Å². The highest BCUT2D eigenvalue weighted by Gasteiger charge is 2.18. The van der Waals surface area contributed by atoms with E-state index in [1.807, 2.05) is 49.3 Å². The first kappa shape index (κ1) is 26.9. The minimum atomic E-state index is -4.71. The smallest absolute Gasteiger partial charge is 0.323 e. The van der Waals surface area contributed by atoms with Gasteiger partial charge in [0.15, 0.2) is 0 Å². The van der Waals surface area contributed by atoms with Gasteiger partial charge in [-0.3, -0.25) is 9.32 Å². The summed E-state index contributed by atoms with van der Waals surface area (Å²) >= 11 is 0. The minimum Gasteiger partial charge on any atom is -0.323 e. The number of aromatic nitrogens is 3. The third kappa shape index (κ3) is 6.77.